The Morgan fingerprint density at radius 3 is 2.38 bits per heavy atom. The van der Waals surface area contributed by atoms with E-state index < -0.39 is 6.04 Å². The first-order valence-corrected chi connectivity index (χ1v) is 8.10. The van der Waals surface area contributed by atoms with Gasteiger partial charge in [0.15, 0.2) is 0 Å². The molecule has 8 heteroatoms. The van der Waals surface area contributed by atoms with E-state index in [1.807, 2.05) is 0 Å². The van der Waals surface area contributed by atoms with Crippen LogP contribution in [0.3, 0.4) is 0 Å². The zero-order valence-electron chi connectivity index (χ0n) is 13.3. The summed E-state index contributed by atoms with van der Waals surface area (Å²) in [4.78, 5) is 23.9. The van der Waals surface area contributed by atoms with Gasteiger partial charge in [-0.1, -0.05) is 11.6 Å². The van der Waals surface area contributed by atoms with Gasteiger partial charge in [-0.2, -0.15) is 0 Å². The van der Waals surface area contributed by atoms with Gasteiger partial charge in [0, 0.05) is 36.9 Å². The molecule has 1 fully saturated rings. The molecule has 0 saturated carbocycles. The smallest absolute Gasteiger partial charge is 0.251 e. The van der Waals surface area contributed by atoms with E-state index in [4.69, 9.17) is 22.1 Å². The molecular weight excluding hydrogens is 353 g/mol. The van der Waals surface area contributed by atoms with E-state index in [-0.39, 0.29) is 30.1 Å². The number of hydrogen-bond acceptors (Lipinski definition) is 4. The highest BCUT2D eigenvalue weighted by Gasteiger charge is 2.26. The van der Waals surface area contributed by atoms with Crippen LogP contribution in [-0.4, -0.2) is 44.2 Å². The fourth-order valence-electron chi connectivity index (χ4n) is 2.47. The zero-order valence-corrected chi connectivity index (χ0v) is 14.9. The van der Waals surface area contributed by atoms with Crippen LogP contribution in [0.15, 0.2) is 24.3 Å². The van der Waals surface area contributed by atoms with Gasteiger partial charge in [0.05, 0.1) is 6.04 Å². The van der Waals surface area contributed by atoms with Crippen molar-refractivity contribution < 1.29 is 14.3 Å². The number of halogens is 2. The fraction of sp³-hybridized carbons (Fsp3) is 0.500. The van der Waals surface area contributed by atoms with Crippen LogP contribution in [0, 0.1) is 5.92 Å². The molecule has 1 aromatic carbocycles. The minimum absolute atomic E-state index is 0. The maximum Gasteiger partial charge on any atom is 0.251 e. The Hall–Kier alpha value is -1.34. The van der Waals surface area contributed by atoms with Crippen LogP contribution < -0.4 is 16.4 Å². The van der Waals surface area contributed by atoms with Gasteiger partial charge in [0.1, 0.15) is 0 Å². The molecule has 4 N–H and O–H groups in total. The molecule has 134 valence electrons. The number of amides is 2. The second-order valence-corrected chi connectivity index (χ2v) is 5.97. The summed E-state index contributed by atoms with van der Waals surface area (Å²) in [5, 5.41) is 6.07. The van der Waals surface area contributed by atoms with Crippen LogP contribution in [0.2, 0.25) is 5.02 Å². The SMILES string of the molecule is Cl.NC(C(=O)NCCNC(=O)c1ccc(Cl)cc1)C1CCOCC1. The highest BCUT2D eigenvalue weighted by Crippen LogP contribution is 2.17. The zero-order chi connectivity index (χ0) is 16.7. The summed E-state index contributed by atoms with van der Waals surface area (Å²) in [6, 6.07) is 6.09. The summed E-state index contributed by atoms with van der Waals surface area (Å²) >= 11 is 5.77. The largest absolute Gasteiger partial charge is 0.381 e. The molecule has 0 radical (unpaired) electrons. The van der Waals surface area contributed by atoms with E-state index in [0.29, 0.717) is 36.9 Å². The van der Waals surface area contributed by atoms with Crippen LogP contribution in [0.4, 0.5) is 0 Å². The number of ether oxygens (including phenoxy) is 1. The fourth-order valence-corrected chi connectivity index (χ4v) is 2.60. The lowest BCUT2D eigenvalue weighted by Gasteiger charge is -2.26. The van der Waals surface area contributed by atoms with Crippen molar-refractivity contribution in [3.8, 4) is 0 Å². The van der Waals surface area contributed by atoms with E-state index in [9.17, 15) is 9.59 Å². The molecule has 1 aromatic rings. The van der Waals surface area contributed by atoms with E-state index in [1.54, 1.807) is 24.3 Å². The van der Waals surface area contributed by atoms with Crippen molar-refractivity contribution in [2.45, 2.75) is 18.9 Å². The number of carbonyl (C=O) groups is 2. The topological polar surface area (TPSA) is 93.5 Å². The van der Waals surface area contributed by atoms with Gasteiger partial charge in [-0.15, -0.1) is 12.4 Å². The van der Waals surface area contributed by atoms with E-state index in [0.717, 1.165) is 12.8 Å². The number of nitrogens with one attached hydrogen (secondary N) is 2. The summed E-state index contributed by atoms with van der Waals surface area (Å²) in [6.45, 7) is 1.99. The Morgan fingerprint density at radius 2 is 1.75 bits per heavy atom. The lowest BCUT2D eigenvalue weighted by molar-refractivity contribution is -0.124. The van der Waals surface area contributed by atoms with Crippen molar-refractivity contribution in [1.29, 1.82) is 0 Å². The average molecular weight is 376 g/mol. The van der Waals surface area contributed by atoms with Crippen molar-refractivity contribution >= 4 is 35.8 Å². The number of nitrogens with two attached hydrogens (primary N) is 1. The van der Waals surface area contributed by atoms with Crippen LogP contribution >= 0.6 is 24.0 Å². The van der Waals surface area contributed by atoms with Crippen molar-refractivity contribution in [1.82, 2.24) is 10.6 Å². The Kier molecular flexibility index (Phi) is 9.07. The summed E-state index contributed by atoms with van der Waals surface area (Å²) in [5.41, 5.74) is 6.50. The van der Waals surface area contributed by atoms with Gasteiger partial charge in [-0.05, 0) is 43.0 Å². The molecule has 1 heterocycles. The summed E-state index contributed by atoms with van der Waals surface area (Å²) < 4.78 is 5.26. The Labute approximate surface area is 152 Å². The molecule has 1 aliphatic heterocycles. The van der Waals surface area contributed by atoms with Crippen molar-refractivity contribution in [2.75, 3.05) is 26.3 Å². The number of hydrogen-bond donors (Lipinski definition) is 3. The molecule has 1 saturated heterocycles. The summed E-state index contributed by atoms with van der Waals surface area (Å²) in [6.07, 6.45) is 1.61. The first kappa shape index (κ1) is 20.7. The molecule has 2 amide bonds. The molecule has 0 spiro atoms. The third-order valence-corrected chi connectivity index (χ3v) is 4.14. The van der Waals surface area contributed by atoms with Crippen LogP contribution in [0.25, 0.3) is 0 Å². The minimum Gasteiger partial charge on any atom is -0.381 e. The van der Waals surface area contributed by atoms with Gasteiger partial charge >= 0.3 is 0 Å². The minimum atomic E-state index is -0.522. The number of benzene rings is 1. The van der Waals surface area contributed by atoms with Gasteiger partial charge in [0.2, 0.25) is 5.91 Å². The Morgan fingerprint density at radius 1 is 1.17 bits per heavy atom. The van der Waals surface area contributed by atoms with Crippen LogP contribution in [0.1, 0.15) is 23.2 Å². The van der Waals surface area contributed by atoms with Gasteiger partial charge in [-0.25, -0.2) is 0 Å². The average Bonchev–Trinajstić information content (AvgIpc) is 2.59. The molecule has 0 aliphatic carbocycles. The summed E-state index contributed by atoms with van der Waals surface area (Å²) in [7, 11) is 0. The quantitative estimate of drug-likeness (QED) is 0.654. The molecule has 6 nitrogen and oxygen atoms in total. The third kappa shape index (κ3) is 6.28. The monoisotopic (exact) mass is 375 g/mol. The number of rotatable bonds is 6. The molecule has 0 aromatic heterocycles. The predicted octanol–water partition coefficient (Wildman–Crippen LogP) is 1.36. The molecule has 0 bridgehead atoms. The summed E-state index contributed by atoms with van der Waals surface area (Å²) in [5.74, 6) is -0.227. The molecule has 1 unspecified atom stereocenters. The van der Waals surface area contributed by atoms with Gasteiger partial charge in [-0.3, -0.25) is 9.59 Å². The molecule has 1 atom stereocenters. The van der Waals surface area contributed by atoms with Crippen LogP contribution in [-0.2, 0) is 9.53 Å². The third-order valence-electron chi connectivity index (χ3n) is 3.89. The highest BCUT2D eigenvalue weighted by molar-refractivity contribution is 6.30. The number of carbonyl (C=O) groups excluding carboxylic acids is 2. The van der Waals surface area contributed by atoms with Crippen molar-refractivity contribution in [3.63, 3.8) is 0 Å². The highest BCUT2D eigenvalue weighted by atomic mass is 35.5. The van der Waals surface area contributed by atoms with Crippen LogP contribution in [0.5, 0.6) is 0 Å². The Balaban J connectivity index is 0.00000288. The van der Waals surface area contributed by atoms with E-state index in [1.165, 1.54) is 0 Å². The normalized spacial score (nSPS) is 15.9. The second-order valence-electron chi connectivity index (χ2n) is 5.53. The maximum atomic E-state index is 12.0. The molecule has 2 rings (SSSR count). The molecular formula is C16H23Cl2N3O3. The Bertz CT molecular complexity index is 534. The first-order chi connectivity index (χ1) is 11.1. The molecule has 24 heavy (non-hydrogen) atoms. The maximum absolute atomic E-state index is 12.0. The predicted molar refractivity (Wildman–Crippen MR) is 95.6 cm³/mol. The standard InChI is InChI=1S/C16H22ClN3O3.ClH/c17-13-3-1-12(2-4-13)15(21)19-7-8-20-16(22)14(18)11-5-9-23-10-6-11;/h1-4,11,14H,5-10,18H2,(H,19,21)(H,20,22);1H. The lowest BCUT2D eigenvalue weighted by atomic mass is 9.92. The lowest BCUT2D eigenvalue weighted by Crippen LogP contribution is -2.48. The van der Waals surface area contributed by atoms with E-state index in [2.05, 4.69) is 10.6 Å². The van der Waals surface area contributed by atoms with Gasteiger partial charge in [0.25, 0.3) is 5.91 Å². The van der Waals surface area contributed by atoms with E-state index >= 15 is 0 Å². The first-order valence-electron chi connectivity index (χ1n) is 7.72. The van der Waals surface area contributed by atoms with Gasteiger partial charge < -0.3 is 21.1 Å². The second kappa shape index (κ2) is 10.5. The molecule has 1 aliphatic rings. The van der Waals surface area contributed by atoms with Crippen molar-refractivity contribution in [2.24, 2.45) is 11.7 Å². The van der Waals surface area contributed by atoms with Crippen molar-refractivity contribution in [3.05, 3.63) is 34.9 Å².